The van der Waals surface area contributed by atoms with Crippen molar-refractivity contribution in [3.63, 3.8) is 0 Å². The van der Waals surface area contributed by atoms with E-state index in [9.17, 15) is 0 Å². The minimum Gasteiger partial charge on any atom is -0.450 e. The second kappa shape index (κ2) is 6.39. The number of aromatic nitrogens is 4. The Morgan fingerprint density at radius 2 is 1.89 bits per heavy atom. The topological polar surface area (TPSA) is 68.8 Å². The van der Waals surface area contributed by atoms with Crippen LogP contribution in [0.3, 0.4) is 0 Å². The highest BCUT2D eigenvalue weighted by atomic mass is 16.3. The van der Waals surface area contributed by atoms with Gasteiger partial charge in [0.05, 0.1) is 11.0 Å². The maximum atomic E-state index is 5.97. The number of fused-ring (bicyclic) bond motifs is 4. The molecule has 6 heteroatoms. The molecule has 0 aliphatic rings. The third-order valence-electron chi connectivity index (χ3n) is 4.85. The summed E-state index contributed by atoms with van der Waals surface area (Å²) in [5, 5.41) is 4.40. The fraction of sp³-hybridized carbons (Fsp3) is 0.190. The first-order chi connectivity index (χ1) is 13.3. The van der Waals surface area contributed by atoms with Crippen LogP contribution in [0.15, 0.2) is 59.3 Å². The standard InChI is InChI=1S/C21H19N5O/c1-2-26-16-9-5-4-8-15(16)25-18(26)11-12-22-21-20-19(23-13-24-21)14-7-3-6-10-17(14)27-20/h3-10,13H,2,11-12H2,1H3,(H,22,23,24). The van der Waals surface area contributed by atoms with Crippen LogP contribution >= 0.6 is 0 Å². The lowest BCUT2D eigenvalue weighted by Crippen LogP contribution is -2.11. The van der Waals surface area contributed by atoms with Crippen molar-refractivity contribution in [2.75, 3.05) is 11.9 Å². The number of nitrogens with zero attached hydrogens (tertiary/aromatic N) is 4. The molecule has 0 saturated carbocycles. The summed E-state index contributed by atoms with van der Waals surface area (Å²) in [5.41, 5.74) is 4.57. The third kappa shape index (κ3) is 2.61. The molecule has 0 radical (unpaired) electrons. The van der Waals surface area contributed by atoms with Crippen molar-refractivity contribution in [3.8, 4) is 0 Å². The number of para-hydroxylation sites is 3. The summed E-state index contributed by atoms with van der Waals surface area (Å²) in [4.78, 5) is 13.5. The van der Waals surface area contributed by atoms with Crippen molar-refractivity contribution < 1.29 is 4.42 Å². The zero-order valence-corrected chi connectivity index (χ0v) is 15.0. The molecule has 0 unspecified atom stereocenters. The number of aryl methyl sites for hydroxylation is 1. The highest BCUT2D eigenvalue weighted by Gasteiger charge is 2.13. The molecule has 5 rings (SSSR count). The second-order valence-electron chi connectivity index (χ2n) is 6.44. The number of hydrogen-bond donors (Lipinski definition) is 1. The number of nitrogens with one attached hydrogen (secondary N) is 1. The van der Waals surface area contributed by atoms with Crippen molar-refractivity contribution in [2.45, 2.75) is 19.9 Å². The van der Waals surface area contributed by atoms with Gasteiger partial charge in [-0.1, -0.05) is 24.3 Å². The highest BCUT2D eigenvalue weighted by molar-refractivity contribution is 6.05. The van der Waals surface area contributed by atoms with Crippen molar-refractivity contribution in [1.29, 1.82) is 0 Å². The summed E-state index contributed by atoms with van der Waals surface area (Å²) < 4.78 is 8.23. The fourth-order valence-corrected chi connectivity index (χ4v) is 3.61. The van der Waals surface area contributed by atoms with E-state index in [1.165, 1.54) is 5.52 Å². The molecule has 1 N–H and O–H groups in total. The van der Waals surface area contributed by atoms with Gasteiger partial charge >= 0.3 is 0 Å². The van der Waals surface area contributed by atoms with Crippen LogP contribution in [0.5, 0.6) is 0 Å². The Hall–Kier alpha value is -3.41. The third-order valence-corrected chi connectivity index (χ3v) is 4.85. The maximum absolute atomic E-state index is 5.97. The molecule has 2 aromatic carbocycles. The predicted octanol–water partition coefficient (Wildman–Crippen LogP) is 4.40. The first kappa shape index (κ1) is 15.8. The first-order valence-corrected chi connectivity index (χ1v) is 9.15. The largest absolute Gasteiger partial charge is 0.450 e. The zero-order chi connectivity index (χ0) is 18.2. The van der Waals surface area contributed by atoms with Gasteiger partial charge in [0.25, 0.3) is 0 Å². The average molecular weight is 357 g/mol. The number of rotatable bonds is 5. The van der Waals surface area contributed by atoms with Gasteiger partial charge in [0, 0.05) is 24.9 Å². The van der Waals surface area contributed by atoms with Crippen LogP contribution in [0.25, 0.3) is 33.1 Å². The van der Waals surface area contributed by atoms with Gasteiger partial charge in [0.2, 0.25) is 0 Å². The Morgan fingerprint density at radius 1 is 1.04 bits per heavy atom. The highest BCUT2D eigenvalue weighted by Crippen LogP contribution is 2.30. The monoisotopic (exact) mass is 357 g/mol. The van der Waals surface area contributed by atoms with Crippen LogP contribution in [0.2, 0.25) is 0 Å². The Labute approximate surface area is 155 Å². The molecule has 0 saturated heterocycles. The van der Waals surface area contributed by atoms with E-state index < -0.39 is 0 Å². The van der Waals surface area contributed by atoms with Crippen molar-refractivity contribution in [2.24, 2.45) is 0 Å². The average Bonchev–Trinajstić information content (AvgIpc) is 3.26. The van der Waals surface area contributed by atoms with E-state index in [2.05, 4.69) is 45.0 Å². The number of imidazole rings is 1. The normalized spacial score (nSPS) is 11.6. The molecule has 0 bridgehead atoms. The molecule has 0 spiro atoms. The summed E-state index contributed by atoms with van der Waals surface area (Å²) in [7, 11) is 0. The van der Waals surface area contributed by atoms with Gasteiger partial charge in [-0.25, -0.2) is 15.0 Å². The lowest BCUT2D eigenvalue weighted by atomic mass is 10.2. The molecule has 27 heavy (non-hydrogen) atoms. The lowest BCUT2D eigenvalue weighted by Gasteiger charge is -2.07. The smallest absolute Gasteiger partial charge is 0.196 e. The quantitative estimate of drug-likeness (QED) is 0.505. The van der Waals surface area contributed by atoms with Crippen LogP contribution in [0, 0.1) is 0 Å². The Balaban J connectivity index is 1.42. The number of anilines is 1. The van der Waals surface area contributed by atoms with Crippen molar-refractivity contribution in [1.82, 2.24) is 19.5 Å². The summed E-state index contributed by atoms with van der Waals surface area (Å²) >= 11 is 0. The molecule has 0 aliphatic heterocycles. The Kier molecular flexibility index (Phi) is 3.74. The number of benzene rings is 2. The van der Waals surface area contributed by atoms with E-state index in [4.69, 9.17) is 9.40 Å². The van der Waals surface area contributed by atoms with Crippen LogP contribution < -0.4 is 5.32 Å². The molecular weight excluding hydrogens is 338 g/mol. The van der Waals surface area contributed by atoms with E-state index in [1.807, 2.05) is 30.3 Å². The molecule has 3 heterocycles. The molecule has 0 atom stereocenters. The Bertz CT molecular complexity index is 1250. The van der Waals surface area contributed by atoms with E-state index in [-0.39, 0.29) is 0 Å². The van der Waals surface area contributed by atoms with Crippen LogP contribution in [-0.2, 0) is 13.0 Å². The van der Waals surface area contributed by atoms with Gasteiger partial charge in [-0.15, -0.1) is 0 Å². The van der Waals surface area contributed by atoms with Gasteiger partial charge in [-0.05, 0) is 31.2 Å². The summed E-state index contributed by atoms with van der Waals surface area (Å²) in [6.07, 6.45) is 2.38. The molecule has 0 amide bonds. The second-order valence-corrected chi connectivity index (χ2v) is 6.44. The van der Waals surface area contributed by atoms with E-state index in [1.54, 1.807) is 6.33 Å². The van der Waals surface area contributed by atoms with Gasteiger partial charge in [0.15, 0.2) is 11.4 Å². The predicted molar refractivity (Wildman–Crippen MR) is 107 cm³/mol. The van der Waals surface area contributed by atoms with E-state index in [0.29, 0.717) is 12.1 Å². The number of hydrogen-bond acceptors (Lipinski definition) is 5. The van der Waals surface area contributed by atoms with E-state index >= 15 is 0 Å². The molecular formula is C21H19N5O. The summed E-state index contributed by atoms with van der Waals surface area (Å²) in [6.45, 7) is 3.76. The SMILES string of the molecule is CCn1c(CCNc2ncnc3c2oc2ccccc23)nc2ccccc21. The molecule has 5 aromatic rings. The van der Waals surface area contributed by atoms with Gasteiger partial charge in [0.1, 0.15) is 23.3 Å². The van der Waals surface area contributed by atoms with Crippen molar-refractivity contribution >= 4 is 38.9 Å². The number of furan rings is 1. The molecule has 0 fully saturated rings. The van der Waals surface area contributed by atoms with E-state index in [0.717, 1.165) is 46.6 Å². The zero-order valence-electron chi connectivity index (χ0n) is 15.0. The van der Waals surface area contributed by atoms with Gasteiger partial charge in [-0.3, -0.25) is 0 Å². The summed E-state index contributed by atoms with van der Waals surface area (Å²) in [6, 6.07) is 16.2. The Morgan fingerprint density at radius 3 is 2.81 bits per heavy atom. The summed E-state index contributed by atoms with van der Waals surface area (Å²) in [5.74, 6) is 1.79. The minimum atomic E-state index is 0.697. The van der Waals surface area contributed by atoms with Crippen LogP contribution in [0.4, 0.5) is 5.82 Å². The van der Waals surface area contributed by atoms with Crippen LogP contribution in [0.1, 0.15) is 12.7 Å². The first-order valence-electron chi connectivity index (χ1n) is 9.15. The molecule has 0 aliphatic carbocycles. The molecule has 3 aromatic heterocycles. The molecule has 6 nitrogen and oxygen atoms in total. The maximum Gasteiger partial charge on any atom is 0.196 e. The lowest BCUT2D eigenvalue weighted by molar-refractivity contribution is 0.665. The van der Waals surface area contributed by atoms with Gasteiger partial charge < -0.3 is 14.3 Å². The van der Waals surface area contributed by atoms with Crippen molar-refractivity contribution in [3.05, 3.63) is 60.7 Å². The molecule has 134 valence electrons. The fourth-order valence-electron chi connectivity index (χ4n) is 3.61. The van der Waals surface area contributed by atoms with Gasteiger partial charge in [-0.2, -0.15) is 0 Å². The van der Waals surface area contributed by atoms with Crippen LogP contribution in [-0.4, -0.2) is 26.1 Å². The minimum absolute atomic E-state index is 0.697.